The third kappa shape index (κ3) is 3.66. The highest BCUT2D eigenvalue weighted by Gasteiger charge is 2.32. The number of halogens is 1. The zero-order chi connectivity index (χ0) is 19.7. The number of carbonyl (C=O) groups excluding carboxylic acids is 3. The highest BCUT2D eigenvalue weighted by molar-refractivity contribution is 6.34. The van der Waals surface area contributed by atoms with Crippen molar-refractivity contribution in [2.45, 2.75) is 19.0 Å². The molecule has 0 radical (unpaired) electrons. The van der Waals surface area contributed by atoms with E-state index in [1.807, 2.05) is 18.2 Å². The van der Waals surface area contributed by atoms with Crippen LogP contribution in [0.1, 0.15) is 21.5 Å². The molecule has 0 aliphatic carbocycles. The third-order valence-corrected chi connectivity index (χ3v) is 5.31. The van der Waals surface area contributed by atoms with Gasteiger partial charge in [0.15, 0.2) is 0 Å². The van der Waals surface area contributed by atoms with Crippen LogP contribution in [0.25, 0.3) is 0 Å². The number of rotatable bonds is 3. The largest absolute Gasteiger partial charge is 0.336 e. The molecule has 144 valence electrons. The zero-order valence-electron chi connectivity index (χ0n) is 15.0. The highest BCUT2D eigenvalue weighted by Crippen LogP contribution is 2.24. The monoisotopic (exact) mass is 398 g/mol. The molecule has 2 aromatic rings. The van der Waals surface area contributed by atoms with Crippen LogP contribution in [-0.2, 0) is 17.8 Å². The first-order chi connectivity index (χ1) is 13.5. The minimum Gasteiger partial charge on any atom is -0.336 e. The number of amides is 4. The van der Waals surface area contributed by atoms with Gasteiger partial charge >= 0.3 is 6.03 Å². The molecule has 1 atom stereocenters. The van der Waals surface area contributed by atoms with Gasteiger partial charge in [-0.25, -0.2) is 4.79 Å². The normalized spacial score (nSPS) is 18.1. The molecule has 2 aliphatic heterocycles. The van der Waals surface area contributed by atoms with Crippen molar-refractivity contribution in [1.82, 2.24) is 15.5 Å². The Balaban J connectivity index is 1.48. The van der Waals surface area contributed by atoms with E-state index < -0.39 is 6.04 Å². The molecule has 4 amide bonds. The molecule has 1 fully saturated rings. The molecule has 2 aliphatic rings. The lowest BCUT2D eigenvalue weighted by molar-refractivity contribution is -0.133. The average Bonchev–Trinajstić information content (AvgIpc) is 3.13. The minimum absolute atomic E-state index is 0.102. The predicted octanol–water partition coefficient (Wildman–Crippen LogP) is 2.16. The molecule has 8 heteroatoms. The topological polar surface area (TPSA) is 90.5 Å². The van der Waals surface area contributed by atoms with Crippen LogP contribution in [-0.4, -0.2) is 41.9 Å². The van der Waals surface area contributed by atoms with Crippen LogP contribution in [0.4, 0.5) is 10.5 Å². The van der Waals surface area contributed by atoms with E-state index >= 15 is 0 Å². The summed E-state index contributed by atoms with van der Waals surface area (Å²) < 4.78 is 0. The lowest BCUT2D eigenvalue weighted by atomic mass is 9.98. The number of hydrogen-bond acceptors (Lipinski definition) is 3. The summed E-state index contributed by atoms with van der Waals surface area (Å²) in [5, 5.41) is 8.48. The summed E-state index contributed by atoms with van der Waals surface area (Å²) in [6.45, 7) is 1.34. The number of benzene rings is 2. The number of urea groups is 1. The van der Waals surface area contributed by atoms with Gasteiger partial charge in [-0.3, -0.25) is 9.59 Å². The molecule has 0 bridgehead atoms. The van der Waals surface area contributed by atoms with Crippen molar-refractivity contribution in [3.63, 3.8) is 0 Å². The van der Waals surface area contributed by atoms with Gasteiger partial charge < -0.3 is 20.9 Å². The van der Waals surface area contributed by atoms with Crippen molar-refractivity contribution in [2.24, 2.45) is 0 Å². The fourth-order valence-corrected chi connectivity index (χ4v) is 3.71. The van der Waals surface area contributed by atoms with Crippen molar-refractivity contribution in [3.8, 4) is 0 Å². The summed E-state index contributed by atoms with van der Waals surface area (Å²) in [5.74, 6) is -0.386. The van der Waals surface area contributed by atoms with Crippen LogP contribution in [0.3, 0.4) is 0 Å². The Labute approximate surface area is 167 Å². The van der Waals surface area contributed by atoms with Gasteiger partial charge in [0.2, 0.25) is 5.91 Å². The molecule has 3 N–H and O–H groups in total. The van der Waals surface area contributed by atoms with Gasteiger partial charge in [0, 0.05) is 25.3 Å². The lowest BCUT2D eigenvalue weighted by Gasteiger charge is -2.30. The Hall–Kier alpha value is -3.06. The van der Waals surface area contributed by atoms with Crippen molar-refractivity contribution >= 4 is 35.1 Å². The smallest absolute Gasteiger partial charge is 0.315 e. The standard InChI is InChI=1S/C20H19ClN4O3/c21-16-4-2-1-3-15(16)18(26)23-14-6-5-12-7-8-25(11-13(12)9-14)19(27)17-10-22-20(28)24-17/h1-6,9,17H,7-8,10-11H2,(H,23,26)(H2,22,24,28)/t17-/m0/s1. The van der Waals surface area contributed by atoms with E-state index in [-0.39, 0.29) is 17.8 Å². The predicted molar refractivity (Wildman–Crippen MR) is 105 cm³/mol. The summed E-state index contributed by atoms with van der Waals surface area (Å²) in [5.41, 5.74) is 3.18. The zero-order valence-corrected chi connectivity index (χ0v) is 15.8. The summed E-state index contributed by atoms with van der Waals surface area (Å²) in [6.07, 6.45) is 0.730. The summed E-state index contributed by atoms with van der Waals surface area (Å²) in [7, 11) is 0. The van der Waals surface area contributed by atoms with Crippen LogP contribution in [0.2, 0.25) is 5.02 Å². The second-order valence-corrected chi connectivity index (χ2v) is 7.24. The molecule has 0 unspecified atom stereocenters. The number of nitrogens with one attached hydrogen (secondary N) is 3. The van der Waals surface area contributed by atoms with Crippen molar-refractivity contribution in [2.75, 3.05) is 18.4 Å². The Bertz CT molecular complexity index is 962. The number of fused-ring (bicyclic) bond motifs is 1. The van der Waals surface area contributed by atoms with Gasteiger partial charge in [-0.2, -0.15) is 0 Å². The molecule has 0 saturated carbocycles. The molecule has 0 spiro atoms. The van der Waals surface area contributed by atoms with E-state index in [9.17, 15) is 14.4 Å². The summed E-state index contributed by atoms with van der Waals surface area (Å²) in [6, 6.07) is 11.7. The summed E-state index contributed by atoms with van der Waals surface area (Å²) >= 11 is 6.09. The first-order valence-corrected chi connectivity index (χ1v) is 9.40. The van der Waals surface area contributed by atoms with Crippen LogP contribution < -0.4 is 16.0 Å². The fraction of sp³-hybridized carbons (Fsp3) is 0.250. The molecule has 0 aromatic heterocycles. The molecule has 1 saturated heterocycles. The molecule has 2 heterocycles. The second kappa shape index (κ2) is 7.52. The Morgan fingerprint density at radius 1 is 1.14 bits per heavy atom. The molecular formula is C20H19ClN4O3. The highest BCUT2D eigenvalue weighted by atomic mass is 35.5. The van der Waals surface area contributed by atoms with Crippen molar-refractivity contribution in [1.29, 1.82) is 0 Å². The van der Waals surface area contributed by atoms with E-state index in [0.717, 1.165) is 17.5 Å². The van der Waals surface area contributed by atoms with Crippen molar-refractivity contribution in [3.05, 3.63) is 64.2 Å². The van der Waals surface area contributed by atoms with E-state index in [2.05, 4.69) is 16.0 Å². The SMILES string of the molecule is O=C1NC[C@@H](C(=O)N2CCc3ccc(NC(=O)c4ccccc4Cl)cc3C2)N1. The van der Waals surface area contributed by atoms with Crippen LogP contribution >= 0.6 is 11.6 Å². The Morgan fingerprint density at radius 3 is 2.71 bits per heavy atom. The van der Waals surface area contributed by atoms with Gasteiger partial charge in [-0.1, -0.05) is 29.8 Å². The van der Waals surface area contributed by atoms with Crippen molar-refractivity contribution < 1.29 is 14.4 Å². The van der Waals surface area contributed by atoms with E-state index in [1.54, 1.807) is 29.2 Å². The van der Waals surface area contributed by atoms with Gasteiger partial charge in [0.25, 0.3) is 5.91 Å². The van der Waals surface area contributed by atoms with E-state index in [1.165, 1.54) is 0 Å². The van der Waals surface area contributed by atoms with Crippen LogP contribution in [0, 0.1) is 0 Å². The Kier molecular flexibility index (Phi) is 4.92. The molecule has 4 rings (SSSR count). The third-order valence-electron chi connectivity index (χ3n) is 4.98. The maximum Gasteiger partial charge on any atom is 0.315 e. The first-order valence-electron chi connectivity index (χ1n) is 9.02. The molecular weight excluding hydrogens is 380 g/mol. The Morgan fingerprint density at radius 2 is 1.96 bits per heavy atom. The van der Waals surface area contributed by atoms with E-state index in [0.29, 0.717) is 35.9 Å². The second-order valence-electron chi connectivity index (χ2n) is 6.83. The van der Waals surface area contributed by atoms with Crippen LogP contribution in [0.5, 0.6) is 0 Å². The molecule has 28 heavy (non-hydrogen) atoms. The average molecular weight is 399 g/mol. The number of nitrogens with zero attached hydrogens (tertiary/aromatic N) is 1. The maximum atomic E-state index is 12.6. The van der Waals surface area contributed by atoms with Gasteiger partial charge in [-0.15, -0.1) is 0 Å². The quantitative estimate of drug-likeness (QED) is 0.740. The van der Waals surface area contributed by atoms with Gasteiger partial charge in [0.05, 0.1) is 10.6 Å². The fourth-order valence-electron chi connectivity index (χ4n) is 3.49. The number of hydrogen-bond donors (Lipinski definition) is 3. The number of carbonyl (C=O) groups is 3. The number of anilines is 1. The van der Waals surface area contributed by atoms with Crippen LogP contribution in [0.15, 0.2) is 42.5 Å². The first kappa shape index (κ1) is 18.3. The molecule has 2 aromatic carbocycles. The van der Waals surface area contributed by atoms with E-state index in [4.69, 9.17) is 11.6 Å². The molecule has 7 nitrogen and oxygen atoms in total. The lowest BCUT2D eigenvalue weighted by Crippen LogP contribution is -2.47. The van der Waals surface area contributed by atoms with Gasteiger partial charge in [0.1, 0.15) is 6.04 Å². The van der Waals surface area contributed by atoms with Gasteiger partial charge in [-0.05, 0) is 41.8 Å². The summed E-state index contributed by atoms with van der Waals surface area (Å²) in [4.78, 5) is 38.1. The minimum atomic E-state index is -0.530. The maximum absolute atomic E-state index is 12.6.